The lowest BCUT2D eigenvalue weighted by atomic mass is 9.77. The summed E-state index contributed by atoms with van der Waals surface area (Å²) in [5.41, 5.74) is 8.09. The molecule has 2 N–H and O–H groups in total. The Morgan fingerprint density at radius 1 is 1.15 bits per heavy atom. The Morgan fingerprint density at radius 2 is 1.80 bits per heavy atom. The largest absolute Gasteiger partial charge is 0.397 e. The molecule has 0 unspecified atom stereocenters. The maximum Gasteiger partial charge on any atom is 0.271 e. The summed E-state index contributed by atoms with van der Waals surface area (Å²) in [6.45, 7) is 2.03. The van der Waals surface area contributed by atoms with Crippen molar-refractivity contribution >= 4 is 17.1 Å². The number of nitrogens with two attached hydrogens (primary N) is 1. The standard InChI is InChI=1S/C15H21N3O2/c16-13-11-12(18(19)20)3-4-14(13)17-9-7-15(8-10-17)5-1-2-6-15/h3-4,11H,1-2,5-10,16H2. The topological polar surface area (TPSA) is 72.4 Å². The van der Waals surface area contributed by atoms with Crippen molar-refractivity contribution < 1.29 is 4.92 Å². The van der Waals surface area contributed by atoms with Crippen LogP contribution in [0.2, 0.25) is 0 Å². The molecule has 20 heavy (non-hydrogen) atoms. The molecule has 1 saturated carbocycles. The van der Waals surface area contributed by atoms with E-state index in [9.17, 15) is 10.1 Å². The van der Waals surface area contributed by atoms with Crippen molar-refractivity contribution in [3.05, 3.63) is 28.3 Å². The maximum absolute atomic E-state index is 10.7. The van der Waals surface area contributed by atoms with Crippen LogP contribution in [0.1, 0.15) is 38.5 Å². The molecule has 0 radical (unpaired) electrons. The van der Waals surface area contributed by atoms with Crippen LogP contribution in [0.5, 0.6) is 0 Å². The van der Waals surface area contributed by atoms with Crippen LogP contribution in [0.3, 0.4) is 0 Å². The number of anilines is 2. The number of rotatable bonds is 2. The van der Waals surface area contributed by atoms with Gasteiger partial charge in [0.05, 0.1) is 16.3 Å². The number of hydrogen-bond acceptors (Lipinski definition) is 4. The zero-order valence-corrected chi connectivity index (χ0v) is 11.7. The zero-order chi connectivity index (χ0) is 14.2. The molecule has 1 aromatic carbocycles. The van der Waals surface area contributed by atoms with E-state index in [0.717, 1.165) is 18.8 Å². The number of non-ortho nitro benzene ring substituents is 1. The van der Waals surface area contributed by atoms with E-state index in [1.807, 2.05) is 0 Å². The molecule has 5 heteroatoms. The van der Waals surface area contributed by atoms with Gasteiger partial charge in [0.1, 0.15) is 0 Å². The molecule has 108 valence electrons. The second-order valence-electron chi connectivity index (χ2n) is 6.19. The molecular weight excluding hydrogens is 254 g/mol. The molecule has 1 heterocycles. The van der Waals surface area contributed by atoms with Crippen molar-refractivity contribution in [3.8, 4) is 0 Å². The van der Waals surface area contributed by atoms with Gasteiger partial charge in [0, 0.05) is 25.2 Å². The van der Waals surface area contributed by atoms with E-state index in [-0.39, 0.29) is 5.69 Å². The third-order valence-corrected chi connectivity index (χ3v) is 5.05. The Balaban J connectivity index is 1.73. The van der Waals surface area contributed by atoms with Crippen molar-refractivity contribution in [1.82, 2.24) is 0 Å². The molecule has 1 saturated heterocycles. The first-order chi connectivity index (χ1) is 9.60. The minimum atomic E-state index is -0.399. The lowest BCUT2D eigenvalue weighted by Gasteiger charge is -2.40. The van der Waals surface area contributed by atoms with E-state index in [4.69, 9.17) is 5.73 Å². The van der Waals surface area contributed by atoms with Crippen LogP contribution in [0.15, 0.2) is 18.2 Å². The number of piperidine rings is 1. The van der Waals surface area contributed by atoms with Crippen molar-refractivity contribution in [1.29, 1.82) is 0 Å². The van der Waals surface area contributed by atoms with Gasteiger partial charge in [-0.15, -0.1) is 0 Å². The van der Waals surface area contributed by atoms with E-state index in [1.165, 1.54) is 44.6 Å². The SMILES string of the molecule is Nc1cc([N+](=O)[O-])ccc1N1CCC2(CCCC2)CC1. The maximum atomic E-state index is 10.7. The van der Waals surface area contributed by atoms with Crippen LogP contribution >= 0.6 is 0 Å². The Labute approximate surface area is 118 Å². The van der Waals surface area contributed by atoms with E-state index >= 15 is 0 Å². The Morgan fingerprint density at radius 3 is 2.35 bits per heavy atom. The highest BCUT2D eigenvalue weighted by atomic mass is 16.6. The fraction of sp³-hybridized carbons (Fsp3) is 0.600. The molecule has 0 bridgehead atoms. The fourth-order valence-electron chi connectivity index (χ4n) is 3.79. The molecular formula is C15H21N3O2. The van der Waals surface area contributed by atoms with Gasteiger partial charge < -0.3 is 10.6 Å². The smallest absolute Gasteiger partial charge is 0.271 e. The van der Waals surface area contributed by atoms with E-state index in [0.29, 0.717) is 11.1 Å². The van der Waals surface area contributed by atoms with Gasteiger partial charge in [0.25, 0.3) is 5.69 Å². The minimum Gasteiger partial charge on any atom is -0.397 e. The molecule has 1 spiro atoms. The van der Waals surface area contributed by atoms with Crippen LogP contribution in [0.4, 0.5) is 17.1 Å². The predicted molar refractivity (Wildman–Crippen MR) is 79.9 cm³/mol. The van der Waals surface area contributed by atoms with Gasteiger partial charge in [-0.1, -0.05) is 12.8 Å². The summed E-state index contributed by atoms with van der Waals surface area (Å²) in [4.78, 5) is 12.6. The molecule has 1 aliphatic carbocycles. The second kappa shape index (κ2) is 4.96. The Bertz CT molecular complexity index is 514. The molecule has 3 rings (SSSR count). The summed E-state index contributed by atoms with van der Waals surface area (Å²) >= 11 is 0. The van der Waals surface area contributed by atoms with Crippen LogP contribution in [0.25, 0.3) is 0 Å². The summed E-state index contributed by atoms with van der Waals surface area (Å²) in [6.07, 6.45) is 7.94. The summed E-state index contributed by atoms with van der Waals surface area (Å²) in [6, 6.07) is 4.81. The minimum absolute atomic E-state index is 0.0653. The van der Waals surface area contributed by atoms with E-state index < -0.39 is 4.92 Å². The third-order valence-electron chi connectivity index (χ3n) is 5.05. The molecule has 2 aliphatic rings. The first-order valence-electron chi connectivity index (χ1n) is 7.39. The fourth-order valence-corrected chi connectivity index (χ4v) is 3.79. The molecule has 0 aromatic heterocycles. The van der Waals surface area contributed by atoms with Crippen molar-refractivity contribution in [3.63, 3.8) is 0 Å². The van der Waals surface area contributed by atoms with E-state index in [2.05, 4.69) is 4.90 Å². The van der Waals surface area contributed by atoms with Crippen LogP contribution < -0.4 is 10.6 Å². The van der Waals surface area contributed by atoms with Gasteiger partial charge in [-0.25, -0.2) is 0 Å². The van der Waals surface area contributed by atoms with Crippen molar-refractivity contribution in [2.24, 2.45) is 5.41 Å². The Hall–Kier alpha value is -1.78. The van der Waals surface area contributed by atoms with Gasteiger partial charge in [-0.3, -0.25) is 10.1 Å². The predicted octanol–water partition coefficient (Wildman–Crippen LogP) is 3.34. The lowest BCUT2D eigenvalue weighted by molar-refractivity contribution is -0.384. The Kier molecular flexibility index (Phi) is 3.28. The highest BCUT2D eigenvalue weighted by Gasteiger charge is 2.37. The van der Waals surface area contributed by atoms with Gasteiger partial charge >= 0.3 is 0 Å². The summed E-state index contributed by atoms with van der Waals surface area (Å²) in [5, 5.41) is 10.7. The van der Waals surface area contributed by atoms with Crippen LogP contribution in [-0.2, 0) is 0 Å². The molecule has 0 amide bonds. The van der Waals surface area contributed by atoms with Gasteiger partial charge in [0.2, 0.25) is 0 Å². The molecule has 1 aliphatic heterocycles. The first-order valence-corrected chi connectivity index (χ1v) is 7.39. The monoisotopic (exact) mass is 275 g/mol. The number of benzene rings is 1. The van der Waals surface area contributed by atoms with Crippen LogP contribution in [-0.4, -0.2) is 18.0 Å². The molecule has 1 aromatic rings. The van der Waals surface area contributed by atoms with Crippen molar-refractivity contribution in [2.45, 2.75) is 38.5 Å². The zero-order valence-electron chi connectivity index (χ0n) is 11.7. The average molecular weight is 275 g/mol. The average Bonchev–Trinajstić information content (AvgIpc) is 2.88. The summed E-state index contributed by atoms with van der Waals surface area (Å²) in [5.74, 6) is 0. The second-order valence-corrected chi connectivity index (χ2v) is 6.19. The van der Waals surface area contributed by atoms with Gasteiger partial charge in [-0.05, 0) is 37.2 Å². The highest BCUT2D eigenvalue weighted by Crippen LogP contribution is 2.47. The number of nitro groups is 1. The molecule has 0 atom stereocenters. The number of nitro benzene ring substituents is 1. The number of nitrogens with zero attached hydrogens (tertiary/aromatic N) is 2. The number of hydrogen-bond donors (Lipinski definition) is 1. The van der Waals surface area contributed by atoms with Crippen molar-refractivity contribution in [2.75, 3.05) is 23.7 Å². The highest BCUT2D eigenvalue weighted by molar-refractivity contribution is 5.70. The summed E-state index contributed by atoms with van der Waals surface area (Å²) < 4.78 is 0. The van der Waals surface area contributed by atoms with Gasteiger partial charge in [-0.2, -0.15) is 0 Å². The summed E-state index contributed by atoms with van der Waals surface area (Å²) in [7, 11) is 0. The first kappa shape index (κ1) is 13.2. The van der Waals surface area contributed by atoms with Crippen LogP contribution in [0, 0.1) is 15.5 Å². The number of nitrogen functional groups attached to an aromatic ring is 1. The van der Waals surface area contributed by atoms with Gasteiger partial charge in [0.15, 0.2) is 0 Å². The quantitative estimate of drug-likeness (QED) is 0.510. The third kappa shape index (κ3) is 2.32. The lowest BCUT2D eigenvalue weighted by Crippen LogP contribution is -2.39. The molecule has 2 fully saturated rings. The normalized spacial score (nSPS) is 21.3. The van der Waals surface area contributed by atoms with E-state index in [1.54, 1.807) is 12.1 Å². The molecule has 5 nitrogen and oxygen atoms in total.